The summed E-state index contributed by atoms with van der Waals surface area (Å²) in [7, 11) is 0. The lowest BCUT2D eigenvalue weighted by molar-refractivity contribution is -0.165. The van der Waals surface area contributed by atoms with Crippen LogP contribution >= 0.6 is 0 Å². The maximum atomic E-state index is 14.4. The minimum Gasteiger partial charge on any atom is -0.465 e. The molecule has 0 aromatic heterocycles. The number of fused-ring (bicyclic) bond motifs is 1. The summed E-state index contributed by atoms with van der Waals surface area (Å²) in [6, 6.07) is 10.00. The van der Waals surface area contributed by atoms with E-state index in [-0.39, 0.29) is 43.3 Å². The first kappa shape index (κ1) is 39.2. The molecule has 5 aliphatic rings. The lowest BCUT2D eigenvalue weighted by atomic mass is 9.60. The van der Waals surface area contributed by atoms with Gasteiger partial charge in [-0.15, -0.1) is 0 Å². The quantitative estimate of drug-likeness (QED) is 0.0861. The number of rotatable bonds is 15. The van der Waals surface area contributed by atoms with Gasteiger partial charge < -0.3 is 29.7 Å². The molecule has 6 rings (SSSR count). The van der Waals surface area contributed by atoms with Gasteiger partial charge in [0.05, 0.1) is 41.6 Å². The SMILES string of the molecule is C=C1CC23CC1(O)CCC2C12C=CC(O)C(C)(C(=O)O1)C2C3C(=O)NCCOC(=O)C(C)(CC)CC(C)(CC(C)c1ccccc1)C(=O)OCCCC. The van der Waals surface area contributed by atoms with E-state index in [0.29, 0.717) is 50.7 Å². The summed E-state index contributed by atoms with van der Waals surface area (Å²) in [5.74, 6) is -3.19. The topological polar surface area (TPSA) is 148 Å². The molecule has 53 heavy (non-hydrogen) atoms. The molecule has 4 bridgehead atoms. The third-order valence-electron chi connectivity index (χ3n) is 14.2. The molecular weight excluding hydrogens is 674 g/mol. The van der Waals surface area contributed by atoms with E-state index >= 15 is 0 Å². The number of amides is 1. The van der Waals surface area contributed by atoms with E-state index in [1.807, 2.05) is 58.0 Å². The highest BCUT2D eigenvalue weighted by Gasteiger charge is 2.83. The van der Waals surface area contributed by atoms with E-state index < -0.39 is 62.7 Å². The van der Waals surface area contributed by atoms with E-state index in [1.165, 1.54) is 0 Å². The Hall–Kier alpha value is -3.50. The number of hydrogen-bond donors (Lipinski definition) is 3. The molecule has 11 atom stereocenters. The number of hydrogen-bond acceptors (Lipinski definition) is 9. The number of ether oxygens (including phenoxy) is 3. The summed E-state index contributed by atoms with van der Waals surface area (Å²) in [6.07, 6.45) is 6.90. The van der Waals surface area contributed by atoms with Crippen LogP contribution in [0, 0.1) is 39.4 Å². The van der Waals surface area contributed by atoms with Gasteiger partial charge in [0.25, 0.3) is 0 Å². The number of aliphatic hydroxyl groups excluding tert-OH is 1. The molecule has 4 fully saturated rings. The highest BCUT2D eigenvalue weighted by molar-refractivity contribution is 5.89. The number of unbranched alkanes of at least 4 members (excludes halogenated alkanes) is 1. The molecule has 10 nitrogen and oxygen atoms in total. The van der Waals surface area contributed by atoms with Crippen LogP contribution in [0.3, 0.4) is 0 Å². The van der Waals surface area contributed by atoms with Crippen molar-refractivity contribution < 1.29 is 43.6 Å². The highest BCUT2D eigenvalue weighted by atomic mass is 16.6. The van der Waals surface area contributed by atoms with Crippen molar-refractivity contribution in [2.24, 2.45) is 39.4 Å². The van der Waals surface area contributed by atoms with Crippen molar-refractivity contribution in [2.75, 3.05) is 19.8 Å². The Kier molecular flexibility index (Phi) is 10.3. The fourth-order valence-corrected chi connectivity index (χ4v) is 11.2. The van der Waals surface area contributed by atoms with Gasteiger partial charge in [0.15, 0.2) is 0 Å². The third-order valence-corrected chi connectivity index (χ3v) is 14.2. The van der Waals surface area contributed by atoms with E-state index in [2.05, 4.69) is 18.8 Å². The molecule has 1 spiro atoms. The minimum atomic E-state index is -1.33. The van der Waals surface area contributed by atoms with Gasteiger partial charge in [0.2, 0.25) is 5.91 Å². The highest BCUT2D eigenvalue weighted by Crippen LogP contribution is 2.77. The molecule has 1 aliphatic heterocycles. The van der Waals surface area contributed by atoms with E-state index in [0.717, 1.165) is 18.4 Å². The lowest BCUT2D eigenvalue weighted by Crippen LogP contribution is -2.53. The Balaban J connectivity index is 1.16. The Morgan fingerprint density at radius 3 is 2.45 bits per heavy atom. The van der Waals surface area contributed by atoms with Gasteiger partial charge in [-0.1, -0.05) is 70.2 Å². The van der Waals surface area contributed by atoms with Crippen molar-refractivity contribution >= 4 is 23.8 Å². The van der Waals surface area contributed by atoms with Crippen molar-refractivity contribution in [3.63, 3.8) is 0 Å². The Bertz CT molecular complexity index is 1660. The number of nitrogens with one attached hydrogen (secondary N) is 1. The molecule has 4 aliphatic carbocycles. The number of aliphatic hydroxyl groups is 2. The van der Waals surface area contributed by atoms with Crippen LogP contribution in [-0.4, -0.2) is 71.1 Å². The predicted octanol–water partition coefficient (Wildman–Crippen LogP) is 5.95. The first-order valence-corrected chi connectivity index (χ1v) is 19.6. The van der Waals surface area contributed by atoms with Crippen molar-refractivity contribution in [1.29, 1.82) is 0 Å². The second-order valence-corrected chi connectivity index (χ2v) is 17.7. The first-order chi connectivity index (χ1) is 25.0. The molecule has 0 radical (unpaired) electrons. The standard InChI is InChI=1S/C43H59NO9/c1-8-10-21-51-36(48)39(6,23-27(3)29-14-12-11-13-15-29)25-38(5,9-2)35(47)52-22-20-44-34(46)32-33-40(7)31(45)17-19-43(33,53-37(40)49)30-16-18-42(50)26-41(30,32)24-28(42)4/h11-15,17,19,27,30-33,45,50H,4,8-10,16,18,20-26H2,1-3,5-7H3,(H,44,46). The predicted molar refractivity (Wildman–Crippen MR) is 198 cm³/mol. The number of carbonyl (C=O) groups excluding carboxylic acids is 4. The Labute approximate surface area is 314 Å². The Morgan fingerprint density at radius 2 is 1.77 bits per heavy atom. The summed E-state index contributed by atoms with van der Waals surface area (Å²) in [5.41, 5.74) is -4.36. The average Bonchev–Trinajstić information content (AvgIpc) is 3.56. The number of benzene rings is 1. The molecule has 1 heterocycles. The number of esters is 3. The van der Waals surface area contributed by atoms with Crippen molar-refractivity contribution in [1.82, 2.24) is 5.32 Å². The number of carbonyl (C=O) groups is 4. The summed E-state index contributed by atoms with van der Waals surface area (Å²) in [6.45, 7) is 15.9. The molecule has 3 N–H and O–H groups in total. The van der Waals surface area contributed by atoms with Gasteiger partial charge >= 0.3 is 17.9 Å². The normalized spacial score (nSPS) is 36.4. The van der Waals surface area contributed by atoms with Gasteiger partial charge in [-0.3, -0.25) is 19.2 Å². The van der Waals surface area contributed by atoms with E-state index in [9.17, 15) is 29.4 Å². The summed E-state index contributed by atoms with van der Waals surface area (Å²) < 4.78 is 17.8. The molecule has 11 unspecified atom stereocenters. The monoisotopic (exact) mass is 733 g/mol. The van der Waals surface area contributed by atoms with Gasteiger partial charge in [-0.05, 0) is 101 Å². The molecule has 3 saturated carbocycles. The molecule has 1 saturated heterocycles. The fraction of sp³-hybridized carbons (Fsp3) is 0.674. The van der Waals surface area contributed by atoms with Crippen LogP contribution in [0.2, 0.25) is 0 Å². The third kappa shape index (κ3) is 6.16. The second-order valence-electron chi connectivity index (χ2n) is 17.7. The van der Waals surface area contributed by atoms with Crippen LogP contribution in [0.5, 0.6) is 0 Å². The Morgan fingerprint density at radius 1 is 1.09 bits per heavy atom. The lowest BCUT2D eigenvalue weighted by Gasteiger charge is -2.44. The van der Waals surface area contributed by atoms with Crippen molar-refractivity contribution in [3.05, 3.63) is 60.2 Å². The van der Waals surface area contributed by atoms with Crippen molar-refractivity contribution in [3.8, 4) is 0 Å². The van der Waals surface area contributed by atoms with Gasteiger partial charge in [0.1, 0.15) is 17.6 Å². The largest absolute Gasteiger partial charge is 0.465 e. The van der Waals surface area contributed by atoms with E-state index in [1.54, 1.807) is 19.1 Å². The maximum absolute atomic E-state index is 14.4. The first-order valence-electron chi connectivity index (χ1n) is 19.6. The smallest absolute Gasteiger partial charge is 0.316 e. The minimum absolute atomic E-state index is 0.0256. The van der Waals surface area contributed by atoms with Gasteiger partial charge in [-0.2, -0.15) is 0 Å². The van der Waals surface area contributed by atoms with E-state index in [4.69, 9.17) is 14.2 Å². The van der Waals surface area contributed by atoms with Crippen LogP contribution in [0.1, 0.15) is 111 Å². The van der Waals surface area contributed by atoms with Crippen LogP contribution in [0.4, 0.5) is 0 Å². The molecule has 1 aromatic carbocycles. The molecule has 1 aromatic rings. The van der Waals surface area contributed by atoms with Crippen LogP contribution in [0.15, 0.2) is 54.6 Å². The molecule has 290 valence electrons. The average molecular weight is 734 g/mol. The van der Waals surface area contributed by atoms with Gasteiger partial charge in [0, 0.05) is 11.8 Å². The van der Waals surface area contributed by atoms with Crippen LogP contribution < -0.4 is 5.32 Å². The van der Waals surface area contributed by atoms with Crippen LogP contribution in [0.25, 0.3) is 0 Å². The zero-order valence-electron chi connectivity index (χ0n) is 32.4. The summed E-state index contributed by atoms with van der Waals surface area (Å²) in [4.78, 5) is 55.4. The fourth-order valence-electron chi connectivity index (χ4n) is 11.2. The summed E-state index contributed by atoms with van der Waals surface area (Å²) in [5, 5.41) is 25.7. The van der Waals surface area contributed by atoms with Crippen LogP contribution in [-0.2, 0) is 33.4 Å². The zero-order chi connectivity index (χ0) is 38.6. The second kappa shape index (κ2) is 14.0. The van der Waals surface area contributed by atoms with Gasteiger partial charge in [-0.25, -0.2) is 0 Å². The zero-order valence-corrected chi connectivity index (χ0v) is 32.4. The summed E-state index contributed by atoms with van der Waals surface area (Å²) >= 11 is 0. The molecule has 1 amide bonds. The molecule has 10 heteroatoms. The molecular formula is C43H59NO9. The van der Waals surface area contributed by atoms with Crippen molar-refractivity contribution in [2.45, 2.75) is 123 Å². The maximum Gasteiger partial charge on any atom is 0.316 e.